The lowest BCUT2D eigenvalue weighted by molar-refractivity contribution is 0.526. The Morgan fingerprint density at radius 3 is 1.64 bits per heavy atom. The van der Waals surface area contributed by atoms with Gasteiger partial charge in [0.05, 0.1) is 72.1 Å². The zero-order valence-corrected chi connectivity index (χ0v) is 54.7. The summed E-state index contributed by atoms with van der Waals surface area (Å²) in [4.78, 5) is 44.7. The van der Waals surface area contributed by atoms with Gasteiger partial charge in [-0.25, -0.2) is 59.0 Å². The van der Waals surface area contributed by atoms with Crippen molar-refractivity contribution in [2.24, 2.45) is 5.92 Å². The maximum Gasteiger partial charge on any atom is 0.180 e. The first-order valence-corrected chi connectivity index (χ1v) is 30.1. The van der Waals surface area contributed by atoms with Gasteiger partial charge in [0, 0.05) is 78.1 Å². The molecule has 14 aromatic rings. The average Bonchev–Trinajstić information content (AvgIpc) is 1.90. The number of fused-ring (bicyclic) bond motifs is 7. The number of hydrogen-bond donors (Lipinski definition) is 7. The van der Waals surface area contributed by atoms with Crippen LogP contribution in [0.15, 0.2) is 136 Å². The van der Waals surface area contributed by atoms with Crippen LogP contribution in [-0.4, -0.2) is 103 Å². The van der Waals surface area contributed by atoms with Crippen LogP contribution < -0.4 is 34.4 Å². The molecule has 0 saturated carbocycles. The second-order valence-corrected chi connectivity index (χ2v) is 23.5. The van der Waals surface area contributed by atoms with Crippen LogP contribution in [0.25, 0.3) is 67.0 Å². The molecule has 91 heavy (non-hydrogen) atoms. The van der Waals surface area contributed by atoms with Gasteiger partial charge in [-0.05, 0) is 128 Å². The fourth-order valence-corrected chi connectivity index (χ4v) is 8.81. The van der Waals surface area contributed by atoms with Gasteiger partial charge >= 0.3 is 0 Å². The number of nitrogens with one attached hydrogen (secondary N) is 1. The summed E-state index contributed by atoms with van der Waals surface area (Å²) in [6.07, 6.45) is 22.8. The number of imidazole rings is 4. The van der Waals surface area contributed by atoms with Crippen LogP contribution >= 0.6 is 0 Å². The maximum atomic E-state index is 5.82. The summed E-state index contributed by atoms with van der Waals surface area (Å²) < 4.78 is 11.4. The van der Waals surface area contributed by atoms with Crippen molar-refractivity contribution >= 4 is 101 Å². The third kappa shape index (κ3) is 16.7. The molecule has 14 rings (SSSR count). The maximum absolute atomic E-state index is 5.82. The highest BCUT2D eigenvalue weighted by molar-refractivity contribution is 5.88. The molecule has 0 fully saturated rings. The van der Waals surface area contributed by atoms with E-state index in [2.05, 4.69) is 174 Å². The Morgan fingerprint density at radius 2 is 0.989 bits per heavy atom. The number of hydrogen-bond acceptors (Lipinski definition) is 20. The molecule has 27 heteroatoms. The highest BCUT2D eigenvalue weighted by Gasteiger charge is 2.14. The van der Waals surface area contributed by atoms with E-state index in [4.69, 9.17) is 34.4 Å². The van der Waals surface area contributed by atoms with Gasteiger partial charge in [-0.15, -0.1) is 5.10 Å². The van der Waals surface area contributed by atoms with E-state index in [-0.39, 0.29) is 6.04 Å². The minimum absolute atomic E-state index is 0.249. The van der Waals surface area contributed by atoms with Crippen molar-refractivity contribution in [1.82, 2.24) is 103 Å². The molecule has 0 radical (unpaired) electrons. The molecule has 0 saturated heterocycles. The van der Waals surface area contributed by atoms with Gasteiger partial charge in [-0.3, -0.25) is 0 Å². The molecule has 0 amide bonds. The average molecular weight is 1230 g/mol. The molecular weight excluding hydrogens is 1150 g/mol. The Morgan fingerprint density at radius 1 is 0.418 bits per heavy atom. The Balaban J connectivity index is 0.000000149. The predicted molar refractivity (Wildman–Crippen MR) is 367 cm³/mol. The third-order valence-electron chi connectivity index (χ3n) is 13.5. The molecule has 0 aromatic carbocycles. The number of pyridine rings is 5. The van der Waals surface area contributed by atoms with Crippen molar-refractivity contribution in [3.8, 4) is 0 Å². The van der Waals surface area contributed by atoms with E-state index in [1.165, 1.54) is 0 Å². The Kier molecular flexibility index (Phi) is 22.9. The molecule has 14 heterocycles. The molecule has 14 aromatic heterocycles. The van der Waals surface area contributed by atoms with Crippen molar-refractivity contribution in [1.29, 1.82) is 0 Å². The van der Waals surface area contributed by atoms with E-state index in [9.17, 15) is 0 Å². The molecule has 0 aliphatic heterocycles. The number of rotatable bonds is 6. The van der Waals surface area contributed by atoms with E-state index in [0.717, 1.165) is 78.7 Å². The number of anilines is 6. The first kappa shape index (κ1) is 67.6. The number of aromatic nitrogens is 21. The number of H-pyrrole nitrogens is 1. The number of nitrogen functional groups attached to an aromatic ring is 6. The van der Waals surface area contributed by atoms with Gasteiger partial charge in [0.2, 0.25) is 0 Å². The van der Waals surface area contributed by atoms with Gasteiger partial charge < -0.3 is 53.1 Å². The predicted octanol–water partition coefficient (Wildman–Crippen LogP) is 11.9. The zero-order valence-electron chi connectivity index (χ0n) is 54.7. The van der Waals surface area contributed by atoms with Crippen LogP contribution in [0.3, 0.4) is 0 Å². The van der Waals surface area contributed by atoms with Crippen LogP contribution in [0.5, 0.6) is 0 Å². The summed E-state index contributed by atoms with van der Waals surface area (Å²) in [5.74, 6) is 2.29. The summed E-state index contributed by atoms with van der Waals surface area (Å²) >= 11 is 0. The van der Waals surface area contributed by atoms with Crippen molar-refractivity contribution in [2.45, 2.75) is 140 Å². The summed E-state index contributed by atoms with van der Waals surface area (Å²) in [6.45, 7) is 31.7. The second kappa shape index (κ2) is 30.9. The quantitative estimate of drug-likeness (QED) is 0.0813. The number of aromatic amines is 1. The van der Waals surface area contributed by atoms with Crippen molar-refractivity contribution < 1.29 is 0 Å². The fourth-order valence-electron chi connectivity index (χ4n) is 8.81. The smallest absolute Gasteiger partial charge is 0.180 e. The molecule has 0 unspecified atom stereocenters. The van der Waals surface area contributed by atoms with Crippen LogP contribution in [0.1, 0.15) is 151 Å². The standard InChI is InChI=1S/C10H13N3.3C9H12N4.C9H11N3.C8H11N5.C6H6N4.C4H10/c1-7(2)13-6-4-8-9(11)3-5-12-10(8)13;1-6(2)7-5-12-13-8(10)3-4-11-9(7)13;1-6(2)13-5-12-8-7(10)3-4-11-9(8)13;1-6(2)8-5-11-9-7(10)3-4-12-13(8)9;1-7(2)12-6-11-8-4-3-5-10-9(8)12;1-5(2)13-8-7(11-12-13)6(9)3-4-10-8;7-4-1-2-8-6-5(4)9-3-10-6;1-4(2)3/h3-7H,1-2H3,(H2,11,12);3-6H,10H2,1-2H3;3-6H,1-2H3,(H2,10,11);3-6H,10H2,1-2H3;3-7H,1-2H3;3-5H,1-2H3,(H2,9,10);1-3H,(H3,7,8,9,10);4H,1-3H3. The lowest BCUT2D eigenvalue weighted by Gasteiger charge is -2.07. The monoisotopic (exact) mass is 1230 g/mol. The molecule has 0 atom stereocenters. The first-order chi connectivity index (χ1) is 43.4. The van der Waals surface area contributed by atoms with E-state index < -0.39 is 0 Å². The molecule has 0 aliphatic rings. The summed E-state index contributed by atoms with van der Waals surface area (Å²) in [5, 5.41) is 17.3. The topological polar surface area (TPSA) is 381 Å². The first-order valence-electron chi connectivity index (χ1n) is 30.1. The van der Waals surface area contributed by atoms with Crippen LogP contribution in [0.4, 0.5) is 34.3 Å². The van der Waals surface area contributed by atoms with E-state index in [1.807, 2.05) is 67.6 Å². The van der Waals surface area contributed by atoms with Crippen molar-refractivity contribution in [3.05, 3.63) is 147 Å². The molecule has 0 bridgehead atoms. The molecular formula is C64H87N27. The second-order valence-electron chi connectivity index (χ2n) is 23.5. The van der Waals surface area contributed by atoms with Crippen LogP contribution in [0, 0.1) is 5.92 Å². The number of nitrogens with two attached hydrogens (primary N) is 6. The van der Waals surface area contributed by atoms with Gasteiger partial charge in [0.1, 0.15) is 28.0 Å². The Bertz CT molecular complexity index is 4060. The molecule has 0 spiro atoms. The van der Waals surface area contributed by atoms with Gasteiger partial charge in [-0.2, -0.15) is 14.7 Å². The van der Waals surface area contributed by atoms with Crippen molar-refractivity contribution in [2.75, 3.05) is 34.4 Å². The molecule has 0 aliphatic carbocycles. The highest BCUT2D eigenvalue weighted by Crippen LogP contribution is 2.25. The normalized spacial score (nSPS) is 11.1. The van der Waals surface area contributed by atoms with E-state index in [1.54, 1.807) is 100 Å². The SMILES string of the molecule is CC(C)C.CC(C)c1cnc2c(N)ccnn12.CC(C)c1cnn2c(N)ccnc12.CC(C)n1ccc2c(N)ccnc21.CC(C)n1cnc2c(N)ccnc21.CC(C)n1cnc2cccnc21.CC(C)n1nnc2c(N)ccnc21.Nc1ccnc2nc[nH]c12. The zero-order chi connectivity index (χ0) is 66.2. The fraction of sp³-hybridized carbons (Fsp3) is 0.344. The lowest BCUT2D eigenvalue weighted by atomic mass is 10.1. The van der Waals surface area contributed by atoms with Gasteiger partial charge in [0.25, 0.3) is 0 Å². The summed E-state index contributed by atoms with van der Waals surface area (Å²) in [6, 6.07) is 17.9. The number of nitrogens with zero attached hydrogens (tertiary/aromatic N) is 20. The Hall–Kier alpha value is -10.9. The Labute approximate surface area is 528 Å². The lowest BCUT2D eigenvalue weighted by Crippen LogP contribution is -2.03. The molecule has 27 nitrogen and oxygen atoms in total. The summed E-state index contributed by atoms with van der Waals surface area (Å²) in [7, 11) is 0. The van der Waals surface area contributed by atoms with E-state index >= 15 is 0 Å². The molecule has 13 N–H and O–H groups in total. The van der Waals surface area contributed by atoms with Gasteiger partial charge in [-0.1, -0.05) is 53.7 Å². The minimum atomic E-state index is 0.249. The van der Waals surface area contributed by atoms with E-state index in [0.29, 0.717) is 69.7 Å². The third-order valence-corrected chi connectivity index (χ3v) is 13.5. The van der Waals surface area contributed by atoms with Crippen molar-refractivity contribution in [3.63, 3.8) is 0 Å². The molecule has 478 valence electrons. The van der Waals surface area contributed by atoms with Gasteiger partial charge in [0.15, 0.2) is 39.4 Å². The van der Waals surface area contributed by atoms with Crippen LogP contribution in [0.2, 0.25) is 0 Å². The summed E-state index contributed by atoms with van der Waals surface area (Å²) in [5.41, 5.74) is 49.1. The highest BCUT2D eigenvalue weighted by atomic mass is 15.4. The largest absolute Gasteiger partial charge is 0.398 e. The minimum Gasteiger partial charge on any atom is -0.398 e. The van der Waals surface area contributed by atoms with Crippen LogP contribution in [-0.2, 0) is 0 Å².